The molecule has 0 fully saturated rings. The molecule has 3 heteroatoms. The second-order valence-electron chi connectivity index (χ2n) is 3.99. The molecule has 0 N–H and O–H groups in total. The van der Waals surface area contributed by atoms with Crippen LogP contribution in [0.15, 0.2) is 30.5 Å². The molecule has 0 aliphatic heterocycles. The summed E-state index contributed by atoms with van der Waals surface area (Å²) in [5, 5.41) is 0.705. The van der Waals surface area contributed by atoms with E-state index in [9.17, 15) is 4.39 Å². The average Bonchev–Trinajstić information content (AvgIpc) is 2.59. The number of rotatable bonds is 3. The van der Waals surface area contributed by atoms with Crippen LogP contribution in [0.4, 0.5) is 4.39 Å². The Kier molecular flexibility index (Phi) is 2.73. The molecule has 0 aliphatic carbocycles. The Balaban J connectivity index is 2.33. The normalized spacial score (nSPS) is 11.5. The van der Waals surface area contributed by atoms with Crippen molar-refractivity contribution in [3.63, 3.8) is 0 Å². The maximum atomic E-state index is 13.4. The molecule has 0 spiro atoms. The highest BCUT2D eigenvalue weighted by Crippen LogP contribution is 2.18. The molecule has 1 aromatic carbocycles. The third kappa shape index (κ3) is 2.02. The molecule has 15 heavy (non-hydrogen) atoms. The Labute approximate surface area is 88.9 Å². The summed E-state index contributed by atoms with van der Waals surface area (Å²) in [5.74, 6) is -0.142. The van der Waals surface area contributed by atoms with Gasteiger partial charge >= 0.3 is 0 Å². The van der Waals surface area contributed by atoms with E-state index in [2.05, 4.69) is 9.47 Å². The average molecular weight is 206 g/mol. The fourth-order valence-electron chi connectivity index (χ4n) is 1.69. The molecule has 2 rings (SSSR count). The van der Waals surface area contributed by atoms with Crippen LogP contribution in [-0.2, 0) is 6.54 Å². The highest BCUT2D eigenvalue weighted by molar-refractivity contribution is 5.80. The lowest BCUT2D eigenvalue weighted by molar-refractivity contribution is 0.387. The van der Waals surface area contributed by atoms with Crippen molar-refractivity contribution in [3.8, 4) is 0 Å². The molecule has 0 unspecified atom stereocenters. The van der Waals surface area contributed by atoms with Gasteiger partial charge in [0.2, 0.25) is 0 Å². The molecule has 0 amide bonds. The Morgan fingerprint density at radius 3 is 2.80 bits per heavy atom. The molecule has 1 aromatic heterocycles. The molecular weight excluding hydrogens is 191 g/mol. The molecular formula is C12H15FN2. The first kappa shape index (κ1) is 10.2. The van der Waals surface area contributed by atoms with Crippen LogP contribution in [0.3, 0.4) is 0 Å². The summed E-state index contributed by atoms with van der Waals surface area (Å²) in [6, 6.07) is 7.04. The number of nitrogens with zero attached hydrogens (tertiary/aromatic N) is 2. The Hall–Kier alpha value is -1.35. The van der Waals surface area contributed by atoms with Gasteiger partial charge in [0.25, 0.3) is 0 Å². The largest absolute Gasteiger partial charge is 0.346 e. The van der Waals surface area contributed by atoms with Crippen molar-refractivity contribution < 1.29 is 4.39 Å². The first-order chi connectivity index (χ1) is 7.18. The van der Waals surface area contributed by atoms with Gasteiger partial charge in [-0.15, -0.1) is 0 Å². The maximum absolute atomic E-state index is 13.4. The SMILES string of the molecule is CN(C)CCn1ccc2c(F)cccc21. The second kappa shape index (κ2) is 4.03. The summed E-state index contributed by atoms with van der Waals surface area (Å²) in [6.45, 7) is 1.85. The number of hydrogen-bond donors (Lipinski definition) is 0. The summed E-state index contributed by atoms with van der Waals surface area (Å²) in [4.78, 5) is 2.12. The first-order valence-electron chi connectivity index (χ1n) is 5.06. The van der Waals surface area contributed by atoms with Gasteiger partial charge in [0.1, 0.15) is 5.82 Å². The van der Waals surface area contributed by atoms with E-state index in [1.807, 2.05) is 32.4 Å². The monoisotopic (exact) mass is 206 g/mol. The number of fused-ring (bicyclic) bond motifs is 1. The molecule has 0 atom stereocenters. The zero-order valence-corrected chi connectivity index (χ0v) is 9.07. The van der Waals surface area contributed by atoms with Crippen LogP contribution in [0, 0.1) is 5.82 Å². The van der Waals surface area contributed by atoms with Crippen LogP contribution in [-0.4, -0.2) is 30.1 Å². The topological polar surface area (TPSA) is 8.17 Å². The minimum Gasteiger partial charge on any atom is -0.346 e. The minimum atomic E-state index is -0.142. The van der Waals surface area contributed by atoms with Gasteiger partial charge in [-0.05, 0) is 32.3 Å². The van der Waals surface area contributed by atoms with Gasteiger partial charge in [0.05, 0.1) is 5.52 Å². The molecule has 0 bridgehead atoms. The van der Waals surface area contributed by atoms with Crippen LogP contribution in [0.5, 0.6) is 0 Å². The van der Waals surface area contributed by atoms with Crippen molar-refractivity contribution in [3.05, 3.63) is 36.3 Å². The standard InChI is InChI=1S/C12H15FN2/c1-14(2)8-9-15-7-6-10-11(13)4-3-5-12(10)15/h3-7H,8-9H2,1-2H3. The van der Waals surface area contributed by atoms with Crippen molar-refractivity contribution in [2.24, 2.45) is 0 Å². The van der Waals surface area contributed by atoms with E-state index in [1.165, 1.54) is 6.07 Å². The van der Waals surface area contributed by atoms with Crippen molar-refractivity contribution in [2.45, 2.75) is 6.54 Å². The van der Waals surface area contributed by atoms with E-state index >= 15 is 0 Å². The van der Waals surface area contributed by atoms with Crippen LogP contribution in [0.2, 0.25) is 0 Å². The van der Waals surface area contributed by atoms with E-state index in [0.29, 0.717) is 5.39 Å². The van der Waals surface area contributed by atoms with E-state index in [4.69, 9.17) is 0 Å². The molecule has 2 aromatic rings. The lowest BCUT2D eigenvalue weighted by atomic mass is 10.2. The third-order valence-corrected chi connectivity index (χ3v) is 2.55. The van der Waals surface area contributed by atoms with Gasteiger partial charge in [-0.1, -0.05) is 6.07 Å². The van der Waals surface area contributed by atoms with Gasteiger partial charge in [-0.25, -0.2) is 4.39 Å². The molecule has 0 saturated carbocycles. The predicted octanol–water partition coefficient (Wildman–Crippen LogP) is 2.34. The fourth-order valence-corrected chi connectivity index (χ4v) is 1.69. The molecule has 1 heterocycles. The molecule has 2 nitrogen and oxygen atoms in total. The summed E-state index contributed by atoms with van der Waals surface area (Å²) in [6.07, 6.45) is 1.94. The van der Waals surface area contributed by atoms with E-state index in [-0.39, 0.29) is 5.82 Å². The van der Waals surface area contributed by atoms with Crippen molar-refractivity contribution in [1.29, 1.82) is 0 Å². The van der Waals surface area contributed by atoms with Crippen LogP contribution < -0.4 is 0 Å². The van der Waals surface area contributed by atoms with Gasteiger partial charge in [-0.3, -0.25) is 0 Å². The highest BCUT2D eigenvalue weighted by atomic mass is 19.1. The smallest absolute Gasteiger partial charge is 0.132 e. The predicted molar refractivity (Wildman–Crippen MR) is 60.5 cm³/mol. The lowest BCUT2D eigenvalue weighted by Crippen LogP contribution is -2.17. The summed E-state index contributed by atoms with van der Waals surface area (Å²) in [7, 11) is 4.07. The van der Waals surface area contributed by atoms with Gasteiger partial charge in [0, 0.05) is 24.7 Å². The summed E-state index contributed by atoms with van der Waals surface area (Å²) in [5.41, 5.74) is 0.969. The number of aromatic nitrogens is 1. The van der Waals surface area contributed by atoms with Crippen LogP contribution in [0.1, 0.15) is 0 Å². The third-order valence-electron chi connectivity index (χ3n) is 2.55. The molecule has 0 saturated heterocycles. The van der Waals surface area contributed by atoms with Gasteiger partial charge in [-0.2, -0.15) is 0 Å². The quantitative estimate of drug-likeness (QED) is 0.748. The Morgan fingerprint density at radius 2 is 2.07 bits per heavy atom. The summed E-state index contributed by atoms with van der Waals surface area (Å²) >= 11 is 0. The van der Waals surface area contributed by atoms with E-state index < -0.39 is 0 Å². The van der Waals surface area contributed by atoms with Crippen molar-refractivity contribution in [1.82, 2.24) is 9.47 Å². The van der Waals surface area contributed by atoms with Crippen LogP contribution in [0.25, 0.3) is 10.9 Å². The van der Waals surface area contributed by atoms with E-state index in [1.54, 1.807) is 6.07 Å². The van der Waals surface area contributed by atoms with Crippen LogP contribution >= 0.6 is 0 Å². The van der Waals surface area contributed by atoms with E-state index in [0.717, 1.165) is 18.6 Å². The zero-order chi connectivity index (χ0) is 10.8. The number of hydrogen-bond acceptors (Lipinski definition) is 1. The Bertz CT molecular complexity index is 460. The summed E-state index contributed by atoms with van der Waals surface area (Å²) < 4.78 is 15.5. The first-order valence-corrected chi connectivity index (χ1v) is 5.06. The lowest BCUT2D eigenvalue weighted by Gasteiger charge is -2.11. The fraction of sp³-hybridized carbons (Fsp3) is 0.333. The Morgan fingerprint density at radius 1 is 1.27 bits per heavy atom. The van der Waals surface area contributed by atoms with Crippen molar-refractivity contribution in [2.75, 3.05) is 20.6 Å². The maximum Gasteiger partial charge on any atom is 0.132 e. The van der Waals surface area contributed by atoms with Gasteiger partial charge < -0.3 is 9.47 Å². The highest BCUT2D eigenvalue weighted by Gasteiger charge is 2.04. The molecule has 0 aliphatic rings. The second-order valence-corrected chi connectivity index (χ2v) is 3.99. The zero-order valence-electron chi connectivity index (χ0n) is 9.07. The number of likely N-dealkylation sites (N-methyl/N-ethyl adjacent to an activating group) is 1. The number of halogens is 1. The number of benzene rings is 1. The molecule has 80 valence electrons. The van der Waals surface area contributed by atoms with Crippen molar-refractivity contribution >= 4 is 10.9 Å². The molecule has 0 radical (unpaired) electrons. The minimum absolute atomic E-state index is 0.142. The van der Waals surface area contributed by atoms with Gasteiger partial charge in [0.15, 0.2) is 0 Å².